The Morgan fingerprint density at radius 3 is 1.52 bits per heavy atom. The van der Waals surface area contributed by atoms with Crippen LogP contribution in [-0.4, -0.2) is 120 Å². The monoisotopic (exact) mass is 621 g/mol. The van der Waals surface area contributed by atoms with Crippen LogP contribution < -0.4 is 10.6 Å². The van der Waals surface area contributed by atoms with Crippen molar-refractivity contribution in [2.24, 2.45) is 0 Å². The van der Waals surface area contributed by atoms with Gasteiger partial charge in [-0.3, -0.25) is 38.6 Å². The second-order valence-corrected chi connectivity index (χ2v) is 9.72. The molecule has 0 aliphatic carbocycles. The van der Waals surface area contributed by atoms with Crippen LogP contribution in [0.4, 0.5) is 9.59 Å². The van der Waals surface area contributed by atoms with E-state index in [4.69, 9.17) is 14.6 Å². The fraction of sp³-hybridized carbons (Fsp3) is 0.571. The summed E-state index contributed by atoms with van der Waals surface area (Å²) in [5.41, 5.74) is 0. The molecule has 0 atom stereocenters. The van der Waals surface area contributed by atoms with E-state index in [1.807, 2.05) is 0 Å². The molecule has 3 N–H and O–H groups in total. The van der Waals surface area contributed by atoms with Crippen LogP contribution in [-0.2, 0) is 38.2 Å². The third-order valence-corrected chi connectivity index (χ3v) is 6.42. The molecule has 0 aromatic rings. The SMILES string of the molecule is O=C(CCCCCN1C(=O)C=CC1=O)OCCNC(=O)N(CCOC(=O)CCCCCN1C(=O)C=CC1=O)C(=O)NCCO. The summed E-state index contributed by atoms with van der Waals surface area (Å²) in [5, 5.41) is 13.7. The molecule has 242 valence electrons. The number of carbonyl (C=O) groups excluding carboxylic acids is 8. The normalized spacial score (nSPS) is 13.9. The second-order valence-electron chi connectivity index (χ2n) is 9.72. The number of hydrogen-bond acceptors (Lipinski definition) is 11. The Morgan fingerprint density at radius 2 is 1.07 bits per heavy atom. The van der Waals surface area contributed by atoms with Crippen LogP contribution in [0.3, 0.4) is 0 Å². The number of hydrogen-bond donors (Lipinski definition) is 3. The summed E-state index contributed by atoms with van der Waals surface area (Å²) in [6.45, 7) is -0.704. The number of carbonyl (C=O) groups is 8. The Kier molecular flexibility index (Phi) is 15.8. The van der Waals surface area contributed by atoms with Crippen molar-refractivity contribution in [2.45, 2.75) is 51.4 Å². The van der Waals surface area contributed by atoms with Gasteiger partial charge in [0.15, 0.2) is 0 Å². The lowest BCUT2D eigenvalue weighted by molar-refractivity contribution is -0.144. The van der Waals surface area contributed by atoms with E-state index in [2.05, 4.69) is 10.6 Å². The standard InChI is InChI=1S/C28H39N5O11/c34-18-13-29-27(41)33(17-20-44-26(40)8-4-2-6-16-32-23(37)11-12-24(32)38)28(42)30-14-19-43-25(39)7-3-1-5-15-31-21(35)9-10-22(31)36/h9-12,34H,1-8,13-20H2,(H,29,41)(H,30,42). The molecule has 0 aromatic carbocycles. The van der Waals surface area contributed by atoms with E-state index in [0.717, 1.165) is 14.7 Å². The summed E-state index contributed by atoms with van der Waals surface area (Å²) in [6.07, 6.45) is 8.25. The van der Waals surface area contributed by atoms with Gasteiger partial charge in [-0.15, -0.1) is 0 Å². The third-order valence-electron chi connectivity index (χ3n) is 6.42. The van der Waals surface area contributed by atoms with Gasteiger partial charge in [-0.2, -0.15) is 0 Å². The molecule has 0 saturated carbocycles. The second kappa shape index (κ2) is 19.6. The van der Waals surface area contributed by atoms with E-state index < -0.39 is 24.0 Å². The van der Waals surface area contributed by atoms with E-state index >= 15 is 0 Å². The molecule has 16 heteroatoms. The molecule has 0 radical (unpaired) electrons. The van der Waals surface area contributed by atoms with Crippen LogP contribution in [0, 0.1) is 0 Å². The summed E-state index contributed by atoms with van der Waals surface area (Å²) in [5.74, 6) is -2.46. The number of rotatable bonds is 20. The smallest absolute Gasteiger partial charge is 0.325 e. The Balaban J connectivity index is 1.59. The van der Waals surface area contributed by atoms with Crippen LogP contribution >= 0.6 is 0 Å². The van der Waals surface area contributed by atoms with Gasteiger partial charge in [0.05, 0.1) is 19.7 Å². The van der Waals surface area contributed by atoms with E-state index in [9.17, 15) is 38.4 Å². The molecule has 2 aliphatic heterocycles. The Hall–Kier alpha value is -4.60. The molecule has 0 saturated heterocycles. The van der Waals surface area contributed by atoms with Crippen LogP contribution in [0.5, 0.6) is 0 Å². The molecular weight excluding hydrogens is 582 g/mol. The van der Waals surface area contributed by atoms with Crippen molar-refractivity contribution in [3.8, 4) is 0 Å². The number of esters is 2. The average molecular weight is 622 g/mol. The zero-order valence-corrected chi connectivity index (χ0v) is 24.5. The van der Waals surface area contributed by atoms with Crippen molar-refractivity contribution in [3.05, 3.63) is 24.3 Å². The topological polar surface area (TPSA) is 209 Å². The van der Waals surface area contributed by atoms with Crippen molar-refractivity contribution < 1.29 is 52.9 Å². The summed E-state index contributed by atoms with van der Waals surface area (Å²) >= 11 is 0. The van der Waals surface area contributed by atoms with Gasteiger partial charge in [0.1, 0.15) is 13.2 Å². The Morgan fingerprint density at radius 1 is 0.636 bits per heavy atom. The fourth-order valence-corrected chi connectivity index (χ4v) is 4.10. The highest BCUT2D eigenvalue weighted by Crippen LogP contribution is 2.09. The van der Waals surface area contributed by atoms with Gasteiger partial charge >= 0.3 is 24.0 Å². The van der Waals surface area contributed by atoms with E-state index in [0.29, 0.717) is 38.5 Å². The zero-order valence-electron chi connectivity index (χ0n) is 24.5. The van der Waals surface area contributed by atoms with Gasteiger partial charge < -0.3 is 25.2 Å². The molecule has 16 nitrogen and oxygen atoms in total. The van der Waals surface area contributed by atoms with Crippen LogP contribution in [0.15, 0.2) is 24.3 Å². The highest BCUT2D eigenvalue weighted by molar-refractivity contribution is 6.13. The lowest BCUT2D eigenvalue weighted by Gasteiger charge is -2.21. The van der Waals surface area contributed by atoms with Gasteiger partial charge in [0.2, 0.25) is 0 Å². The first-order valence-electron chi connectivity index (χ1n) is 14.5. The van der Waals surface area contributed by atoms with E-state index in [-0.39, 0.29) is 89.0 Å². The molecule has 0 fully saturated rings. The first kappa shape index (κ1) is 35.6. The summed E-state index contributed by atoms with van der Waals surface area (Å²) in [7, 11) is 0. The molecule has 0 aromatic heterocycles. The molecule has 2 heterocycles. The molecular formula is C28H39N5O11. The average Bonchev–Trinajstić information content (AvgIpc) is 3.49. The molecule has 8 amide bonds. The van der Waals surface area contributed by atoms with Crippen molar-refractivity contribution >= 4 is 47.6 Å². The summed E-state index contributed by atoms with van der Waals surface area (Å²) < 4.78 is 10.2. The first-order valence-corrected chi connectivity index (χ1v) is 14.5. The van der Waals surface area contributed by atoms with Crippen molar-refractivity contribution in [2.75, 3.05) is 52.5 Å². The predicted molar refractivity (Wildman–Crippen MR) is 151 cm³/mol. The lowest BCUT2D eigenvalue weighted by atomic mass is 10.2. The van der Waals surface area contributed by atoms with Gasteiger partial charge in [-0.1, -0.05) is 12.8 Å². The first-order chi connectivity index (χ1) is 21.1. The number of unbranched alkanes of at least 4 members (excludes halogenated alkanes) is 4. The Labute approximate surface area is 254 Å². The number of nitrogens with zero attached hydrogens (tertiary/aromatic N) is 3. The third kappa shape index (κ3) is 12.7. The number of urea groups is 2. The maximum absolute atomic E-state index is 12.6. The van der Waals surface area contributed by atoms with Gasteiger partial charge in [-0.25, -0.2) is 14.5 Å². The van der Waals surface area contributed by atoms with Gasteiger partial charge in [0, 0.05) is 56.8 Å². The Bertz CT molecular complexity index is 1100. The number of ether oxygens (including phenoxy) is 2. The van der Waals surface area contributed by atoms with Crippen LogP contribution in [0.25, 0.3) is 0 Å². The van der Waals surface area contributed by atoms with Gasteiger partial charge in [0.25, 0.3) is 23.6 Å². The molecule has 44 heavy (non-hydrogen) atoms. The number of nitrogens with one attached hydrogen (secondary N) is 2. The lowest BCUT2D eigenvalue weighted by Crippen LogP contribution is -2.50. The summed E-state index contributed by atoms with van der Waals surface area (Å²) in [6, 6.07) is -1.65. The van der Waals surface area contributed by atoms with Crippen LogP contribution in [0.2, 0.25) is 0 Å². The van der Waals surface area contributed by atoms with Crippen LogP contribution in [0.1, 0.15) is 51.4 Å². The summed E-state index contributed by atoms with van der Waals surface area (Å²) in [4.78, 5) is 98.0. The molecule has 0 spiro atoms. The van der Waals surface area contributed by atoms with Gasteiger partial charge in [-0.05, 0) is 25.7 Å². The number of aliphatic hydroxyl groups is 1. The van der Waals surface area contributed by atoms with E-state index in [1.54, 1.807) is 0 Å². The van der Waals surface area contributed by atoms with Crippen molar-refractivity contribution in [3.63, 3.8) is 0 Å². The van der Waals surface area contributed by atoms with E-state index in [1.165, 1.54) is 24.3 Å². The minimum absolute atomic E-state index is 0.0731. The number of amides is 8. The zero-order chi connectivity index (χ0) is 32.3. The molecule has 2 rings (SSSR count). The van der Waals surface area contributed by atoms with Crippen molar-refractivity contribution in [1.82, 2.24) is 25.3 Å². The highest BCUT2D eigenvalue weighted by atomic mass is 16.5. The molecule has 2 aliphatic rings. The number of imide groups is 3. The maximum Gasteiger partial charge on any atom is 0.325 e. The maximum atomic E-state index is 12.6. The molecule has 0 unspecified atom stereocenters. The van der Waals surface area contributed by atoms with Crippen molar-refractivity contribution in [1.29, 1.82) is 0 Å². The highest BCUT2D eigenvalue weighted by Gasteiger charge is 2.24. The predicted octanol–water partition coefficient (Wildman–Crippen LogP) is -0.243. The minimum Gasteiger partial charge on any atom is -0.464 e. The number of aliphatic hydroxyl groups excluding tert-OH is 1. The largest absolute Gasteiger partial charge is 0.464 e. The fourth-order valence-electron chi connectivity index (χ4n) is 4.10. The molecule has 0 bridgehead atoms. The minimum atomic E-state index is -0.825. The quantitative estimate of drug-likeness (QED) is 0.0917.